The number of esters is 2. The molecule has 2 saturated heterocycles. The molecule has 4 amide bonds. The second kappa shape index (κ2) is 32.6. The second-order valence-corrected chi connectivity index (χ2v) is 39.7. The summed E-state index contributed by atoms with van der Waals surface area (Å²) < 4.78 is 91.3. The first-order valence-corrected chi connectivity index (χ1v) is 42.6. The Labute approximate surface area is 648 Å². The monoisotopic (exact) mass is 1560 g/mol. The van der Waals surface area contributed by atoms with Crippen LogP contribution in [0, 0.1) is 58.2 Å². The number of carbonyl (C=O) groups excluding carboxylic acids is 8. The summed E-state index contributed by atoms with van der Waals surface area (Å²) in [6, 6.07) is 13.0. The molecule has 0 radical (unpaired) electrons. The molecule has 6 fully saturated rings. The van der Waals surface area contributed by atoms with Gasteiger partial charge < -0.3 is 38.2 Å². The van der Waals surface area contributed by atoms with Crippen molar-refractivity contribution < 1.29 is 83.6 Å². The lowest BCUT2D eigenvalue weighted by Gasteiger charge is -2.32. The van der Waals surface area contributed by atoms with Gasteiger partial charge in [-0.05, 0) is 241 Å². The van der Waals surface area contributed by atoms with Gasteiger partial charge in [-0.25, -0.2) is 26.8 Å². The molecule has 6 heterocycles. The van der Waals surface area contributed by atoms with Crippen LogP contribution in [-0.2, 0) is 67.9 Å². The number of hydrogen-bond acceptors (Lipinski definition) is 20. The Morgan fingerprint density at radius 2 is 0.918 bits per heavy atom. The molecule has 26 heteroatoms. The van der Waals surface area contributed by atoms with Crippen LogP contribution in [-0.4, -0.2) is 155 Å². The van der Waals surface area contributed by atoms with Crippen molar-refractivity contribution >= 4 is 88.7 Å². The molecule has 110 heavy (non-hydrogen) atoms. The van der Waals surface area contributed by atoms with E-state index in [1.807, 2.05) is 101 Å². The fraction of sp³-hybridized carbons (Fsp3) is 0.643. The van der Waals surface area contributed by atoms with Crippen molar-refractivity contribution in [1.82, 2.24) is 29.2 Å². The van der Waals surface area contributed by atoms with Crippen molar-refractivity contribution in [3.63, 3.8) is 0 Å². The minimum absolute atomic E-state index is 0.0622. The van der Waals surface area contributed by atoms with Gasteiger partial charge in [0.25, 0.3) is 0 Å². The summed E-state index contributed by atoms with van der Waals surface area (Å²) in [4.78, 5) is 126. The number of amides is 4. The van der Waals surface area contributed by atoms with Gasteiger partial charge in [-0.1, -0.05) is 52.0 Å². The molecular formula is C84H114N6O18S2. The van der Waals surface area contributed by atoms with Crippen LogP contribution in [0.15, 0.2) is 85.2 Å². The third-order valence-electron chi connectivity index (χ3n) is 23.8. The first kappa shape index (κ1) is 82.9. The molecule has 24 nitrogen and oxygen atoms in total. The summed E-state index contributed by atoms with van der Waals surface area (Å²) in [7, 11) is -7.89. The predicted octanol–water partition coefficient (Wildman–Crippen LogP) is 12.6. The molecular weight excluding hydrogens is 1450 g/mol. The second-order valence-electron chi connectivity index (χ2n) is 35.3. The van der Waals surface area contributed by atoms with Gasteiger partial charge in [-0.2, -0.15) is 0 Å². The standard InChI is InChI=1S/2C42H57N3O9S/c2*1-8-52-30-13-14-32-28(20-30)15-18-43-37(32)53-31-21-34-35(46)24-42(39(49)44-55(50,51)41(7)16-17-41)23-29(42)12-10-9-11-26(2)19-27(3)33(38(48)45(34)25-31)22-36(47)54-40(4,5)6/h2*10,12-15,18,20,26-27,29,31,33-34H,8-9,11,16-17,19,21-25H2,1-7H3,(H,44,49)/b2*12-10-/t26-,27+,29+,31+,33-,34-,42+;26-,27-,29-,31-,33+,34+,42-/m01/s1. The number of hydrogen-bond donors (Lipinski definition) is 2. The molecule has 8 aliphatic rings. The zero-order valence-electron chi connectivity index (χ0n) is 66.5. The molecule has 4 aliphatic carbocycles. The number of Topliss-reactive ketones (excluding diaryl/α,β-unsaturated/α-hetero) is 2. The van der Waals surface area contributed by atoms with Gasteiger partial charge in [0.05, 0.1) is 83.4 Å². The number of nitrogens with one attached hydrogen (secondary N) is 2. The van der Waals surface area contributed by atoms with E-state index in [1.165, 1.54) is 9.80 Å². The largest absolute Gasteiger partial charge is 0.494 e. The van der Waals surface area contributed by atoms with Gasteiger partial charge in [0.15, 0.2) is 11.6 Å². The molecule has 2 N–H and O–H groups in total. The Hall–Kier alpha value is -8.00. The number of nitrogens with zero attached hydrogens (tertiary/aromatic N) is 4. The van der Waals surface area contributed by atoms with E-state index in [0.29, 0.717) is 87.8 Å². The maximum absolute atomic E-state index is 14.9. The summed E-state index contributed by atoms with van der Waals surface area (Å²) in [6.45, 7) is 27.1. The molecule has 12 rings (SSSR count). The molecule has 0 bridgehead atoms. The molecule has 0 unspecified atom stereocenters. The highest BCUT2D eigenvalue weighted by Crippen LogP contribution is 2.59. The normalized spacial score (nSPS) is 30.3. The van der Waals surface area contributed by atoms with Gasteiger partial charge >= 0.3 is 11.9 Å². The predicted molar refractivity (Wildman–Crippen MR) is 415 cm³/mol. The number of fused-ring (bicyclic) bond motifs is 6. The highest BCUT2D eigenvalue weighted by Gasteiger charge is 2.65. The van der Waals surface area contributed by atoms with E-state index in [-0.39, 0.29) is 111 Å². The van der Waals surface area contributed by atoms with E-state index in [2.05, 4.69) is 33.3 Å². The zero-order chi connectivity index (χ0) is 79.8. The maximum Gasteiger partial charge on any atom is 0.307 e. The van der Waals surface area contributed by atoms with E-state index >= 15 is 0 Å². The first-order chi connectivity index (χ1) is 51.7. The lowest BCUT2D eigenvalue weighted by Crippen LogP contribution is -2.48. The SMILES string of the molecule is CCOc1ccc2c(O[C@@H]3C[C@H]4C(=O)C[C@]5(C(=O)NS(=O)(=O)C6(C)CC6)C[C@H]5/C=C\CC[C@@H](C)C[C@@H](C)[C@H](CC(=O)OC(C)(C)C)C(=O)N4C3)nccc2c1.CCOc1ccc2c(O[C@@H]3C[C@H]4C(=O)C[C@]5(C(=O)NS(=O)(=O)C6(C)CC6)C[C@H]5/C=C\CC[C@H](C)C[C@@H](C)[C@H](CC(=O)OC(C)(C)C)C(=O)N4C3)nccc2c1. The quantitative estimate of drug-likeness (QED) is 0.0690. The number of allylic oxidation sites excluding steroid dienone is 4. The Morgan fingerprint density at radius 3 is 1.26 bits per heavy atom. The first-order valence-electron chi connectivity index (χ1n) is 39.6. The van der Waals surface area contributed by atoms with Gasteiger partial charge in [-0.15, -0.1) is 0 Å². The number of rotatable bonds is 18. The molecule has 14 atom stereocenters. The maximum atomic E-state index is 14.9. The summed E-state index contributed by atoms with van der Waals surface area (Å²) in [5, 5.41) is 3.19. The van der Waals surface area contributed by atoms with Crippen LogP contribution in [0.1, 0.15) is 213 Å². The average molecular weight is 1560 g/mol. The van der Waals surface area contributed by atoms with Crippen LogP contribution < -0.4 is 28.4 Å². The van der Waals surface area contributed by atoms with E-state index in [1.54, 1.807) is 67.8 Å². The number of carbonyl (C=O) groups is 8. The molecule has 0 spiro atoms. The Morgan fingerprint density at radius 1 is 0.545 bits per heavy atom. The van der Waals surface area contributed by atoms with E-state index < -0.39 is 111 Å². The van der Waals surface area contributed by atoms with Gasteiger partial charge in [0.2, 0.25) is 55.4 Å². The van der Waals surface area contributed by atoms with E-state index in [0.717, 1.165) is 47.2 Å². The number of pyridine rings is 2. The molecule has 4 aromatic rings. The third-order valence-corrected chi connectivity index (χ3v) is 28.1. The van der Waals surface area contributed by atoms with Gasteiger partial charge in [0, 0.05) is 48.8 Å². The Bertz CT molecular complexity index is 4180. The van der Waals surface area contributed by atoms with Crippen molar-refractivity contribution in [3.8, 4) is 23.3 Å². The average Bonchev–Trinajstić information content (AvgIpc) is 1.57. The van der Waals surface area contributed by atoms with Gasteiger partial charge in [-0.3, -0.25) is 47.8 Å². The molecule has 4 aliphatic heterocycles. The minimum atomic E-state index is -3.95. The summed E-state index contributed by atoms with van der Waals surface area (Å²) in [6.07, 6.45) is 16.4. The van der Waals surface area contributed by atoms with Crippen molar-refractivity contribution in [2.75, 3.05) is 26.3 Å². The van der Waals surface area contributed by atoms with Crippen molar-refractivity contribution in [1.29, 1.82) is 0 Å². The van der Waals surface area contributed by atoms with Crippen LogP contribution in [0.5, 0.6) is 23.3 Å². The number of ether oxygens (including phenoxy) is 6. The smallest absolute Gasteiger partial charge is 0.307 e. The highest BCUT2D eigenvalue weighted by molar-refractivity contribution is 7.92. The number of benzene rings is 2. The van der Waals surface area contributed by atoms with Crippen LogP contribution in [0.4, 0.5) is 0 Å². The zero-order valence-corrected chi connectivity index (χ0v) is 68.2. The topological polar surface area (TPSA) is 317 Å². The third kappa shape index (κ3) is 19.2. The van der Waals surface area contributed by atoms with Crippen molar-refractivity contribution in [2.24, 2.45) is 58.2 Å². The van der Waals surface area contributed by atoms with E-state index in [9.17, 15) is 55.2 Å². The minimum Gasteiger partial charge on any atom is -0.494 e. The summed E-state index contributed by atoms with van der Waals surface area (Å²) in [5.74, 6) is -3.77. The molecule has 2 aromatic carbocycles. The van der Waals surface area contributed by atoms with Crippen LogP contribution >= 0.6 is 0 Å². The van der Waals surface area contributed by atoms with Crippen LogP contribution in [0.25, 0.3) is 21.5 Å². The summed E-state index contributed by atoms with van der Waals surface area (Å²) in [5.41, 5.74) is -4.01. The van der Waals surface area contributed by atoms with Crippen LogP contribution in [0.3, 0.4) is 0 Å². The van der Waals surface area contributed by atoms with Crippen molar-refractivity contribution in [3.05, 3.63) is 85.2 Å². The molecule has 4 saturated carbocycles. The Kier molecular flexibility index (Phi) is 24.6. The van der Waals surface area contributed by atoms with Crippen LogP contribution in [0.2, 0.25) is 0 Å². The molecule has 2 aromatic heterocycles. The summed E-state index contributed by atoms with van der Waals surface area (Å²) >= 11 is 0. The Balaban J connectivity index is 0.000000218. The highest BCUT2D eigenvalue weighted by atomic mass is 32.2. The lowest BCUT2D eigenvalue weighted by molar-refractivity contribution is -0.160. The van der Waals surface area contributed by atoms with Gasteiger partial charge in [0.1, 0.15) is 34.9 Å². The lowest BCUT2D eigenvalue weighted by atomic mass is 9.82. The number of aromatic nitrogens is 2. The number of sulfonamides is 2. The fourth-order valence-electron chi connectivity index (χ4n) is 16.6. The molecule has 600 valence electrons. The van der Waals surface area contributed by atoms with E-state index in [4.69, 9.17) is 28.4 Å². The van der Waals surface area contributed by atoms with Crippen molar-refractivity contribution in [2.45, 2.75) is 257 Å². The number of ketones is 2. The fourth-order valence-corrected chi connectivity index (χ4v) is 19.2.